The molecule has 108 valence electrons. The molecular formula is C12H15N3O5. The maximum absolute atomic E-state index is 11.3. The SMILES string of the molecule is CC(CO)(CO)Nc1cc2c(cc1[N+](=O)[O-])CC(=O)N2. The van der Waals surface area contributed by atoms with E-state index in [2.05, 4.69) is 10.6 Å². The Morgan fingerprint density at radius 1 is 1.45 bits per heavy atom. The molecule has 1 aromatic carbocycles. The molecule has 1 aliphatic rings. The highest BCUT2D eigenvalue weighted by atomic mass is 16.6. The van der Waals surface area contributed by atoms with Crippen molar-refractivity contribution in [3.8, 4) is 0 Å². The van der Waals surface area contributed by atoms with Gasteiger partial charge in [0.25, 0.3) is 5.69 Å². The fourth-order valence-corrected chi connectivity index (χ4v) is 1.97. The van der Waals surface area contributed by atoms with E-state index >= 15 is 0 Å². The third kappa shape index (κ3) is 2.56. The number of aliphatic hydroxyl groups is 2. The Hall–Kier alpha value is -2.19. The van der Waals surface area contributed by atoms with Crippen molar-refractivity contribution >= 4 is 23.0 Å². The van der Waals surface area contributed by atoms with Crippen molar-refractivity contribution in [2.24, 2.45) is 0 Å². The number of aliphatic hydroxyl groups excluding tert-OH is 2. The lowest BCUT2D eigenvalue weighted by Crippen LogP contribution is -2.42. The topological polar surface area (TPSA) is 125 Å². The number of benzene rings is 1. The van der Waals surface area contributed by atoms with Gasteiger partial charge in [0.15, 0.2) is 0 Å². The van der Waals surface area contributed by atoms with Crippen molar-refractivity contribution in [2.45, 2.75) is 18.9 Å². The summed E-state index contributed by atoms with van der Waals surface area (Å²) < 4.78 is 0. The molecule has 0 fully saturated rings. The maximum atomic E-state index is 11.3. The van der Waals surface area contributed by atoms with Gasteiger partial charge in [-0.1, -0.05) is 0 Å². The molecule has 0 spiro atoms. The lowest BCUT2D eigenvalue weighted by atomic mass is 10.0. The zero-order chi connectivity index (χ0) is 14.9. The highest BCUT2D eigenvalue weighted by Gasteiger charge is 2.29. The molecule has 0 saturated heterocycles. The number of carbonyl (C=O) groups excluding carboxylic acids is 1. The molecule has 4 N–H and O–H groups in total. The van der Waals surface area contributed by atoms with Gasteiger partial charge >= 0.3 is 0 Å². The van der Waals surface area contributed by atoms with Gasteiger partial charge < -0.3 is 20.8 Å². The van der Waals surface area contributed by atoms with Gasteiger partial charge in [0.1, 0.15) is 5.69 Å². The highest BCUT2D eigenvalue weighted by molar-refractivity contribution is 6.00. The number of amides is 1. The molecule has 0 aliphatic carbocycles. The van der Waals surface area contributed by atoms with E-state index in [1.165, 1.54) is 19.1 Å². The first-order valence-corrected chi connectivity index (χ1v) is 5.99. The first-order chi connectivity index (χ1) is 9.38. The first kappa shape index (κ1) is 14.2. The van der Waals surface area contributed by atoms with E-state index in [4.69, 9.17) is 0 Å². The van der Waals surface area contributed by atoms with Gasteiger partial charge in [-0.2, -0.15) is 0 Å². The molecule has 0 atom stereocenters. The van der Waals surface area contributed by atoms with Gasteiger partial charge in [-0.05, 0) is 18.6 Å². The van der Waals surface area contributed by atoms with Crippen LogP contribution in [0.3, 0.4) is 0 Å². The number of nitrogens with zero attached hydrogens (tertiary/aromatic N) is 1. The van der Waals surface area contributed by atoms with Gasteiger partial charge in [0.2, 0.25) is 5.91 Å². The van der Waals surface area contributed by atoms with Crippen LogP contribution in [0.5, 0.6) is 0 Å². The first-order valence-electron chi connectivity index (χ1n) is 5.99. The zero-order valence-electron chi connectivity index (χ0n) is 10.8. The number of rotatable bonds is 5. The maximum Gasteiger partial charge on any atom is 0.292 e. The summed E-state index contributed by atoms with van der Waals surface area (Å²) in [5.41, 5.74) is -0.0973. The van der Waals surface area contributed by atoms with Crippen LogP contribution < -0.4 is 10.6 Å². The monoisotopic (exact) mass is 281 g/mol. The largest absolute Gasteiger partial charge is 0.394 e. The summed E-state index contributed by atoms with van der Waals surface area (Å²) in [6.07, 6.45) is 0.105. The lowest BCUT2D eigenvalue weighted by molar-refractivity contribution is -0.384. The molecule has 8 heteroatoms. The Morgan fingerprint density at radius 3 is 2.65 bits per heavy atom. The third-order valence-corrected chi connectivity index (χ3v) is 3.18. The van der Waals surface area contributed by atoms with Crippen molar-refractivity contribution in [1.82, 2.24) is 0 Å². The second-order valence-electron chi connectivity index (χ2n) is 5.01. The van der Waals surface area contributed by atoms with E-state index in [1.807, 2.05) is 0 Å². The molecule has 8 nitrogen and oxygen atoms in total. The third-order valence-electron chi connectivity index (χ3n) is 3.18. The minimum absolute atomic E-state index is 0.105. The molecule has 0 aromatic heterocycles. The molecule has 0 unspecified atom stereocenters. The summed E-state index contributed by atoms with van der Waals surface area (Å²) in [5.74, 6) is -0.224. The fraction of sp³-hybridized carbons (Fsp3) is 0.417. The summed E-state index contributed by atoms with van der Waals surface area (Å²) in [7, 11) is 0. The molecule has 0 radical (unpaired) electrons. The lowest BCUT2D eigenvalue weighted by Gasteiger charge is -2.27. The Morgan fingerprint density at radius 2 is 2.10 bits per heavy atom. The second kappa shape index (κ2) is 5.06. The number of carbonyl (C=O) groups is 1. The predicted molar refractivity (Wildman–Crippen MR) is 71.6 cm³/mol. The Balaban J connectivity index is 2.44. The van der Waals surface area contributed by atoms with Gasteiger partial charge in [0.05, 0.1) is 30.1 Å². The van der Waals surface area contributed by atoms with Crippen LogP contribution in [0.4, 0.5) is 17.1 Å². The quantitative estimate of drug-likeness (QED) is 0.453. The summed E-state index contributed by atoms with van der Waals surface area (Å²) in [5, 5.41) is 35.0. The molecule has 20 heavy (non-hydrogen) atoms. The molecule has 1 amide bonds. The van der Waals surface area contributed by atoms with E-state index in [1.54, 1.807) is 0 Å². The second-order valence-corrected chi connectivity index (χ2v) is 5.01. The molecule has 2 rings (SSSR count). The minimum atomic E-state index is -1.10. The summed E-state index contributed by atoms with van der Waals surface area (Å²) in [6.45, 7) is 0.733. The van der Waals surface area contributed by atoms with Crippen molar-refractivity contribution in [3.05, 3.63) is 27.8 Å². The molecule has 1 heterocycles. The molecular weight excluding hydrogens is 266 g/mol. The molecule has 1 aromatic rings. The van der Waals surface area contributed by atoms with Crippen LogP contribution in [-0.4, -0.2) is 39.8 Å². The number of anilines is 2. The van der Waals surface area contributed by atoms with E-state index in [9.17, 15) is 25.1 Å². The summed E-state index contributed by atoms with van der Waals surface area (Å²) in [6, 6.07) is 2.77. The van der Waals surface area contributed by atoms with E-state index in [0.29, 0.717) is 11.3 Å². The molecule has 0 saturated carbocycles. The van der Waals surface area contributed by atoms with Crippen molar-refractivity contribution in [1.29, 1.82) is 0 Å². The summed E-state index contributed by atoms with van der Waals surface area (Å²) >= 11 is 0. The normalized spacial score (nSPS) is 13.8. The van der Waals surface area contributed by atoms with Crippen LogP contribution in [0.25, 0.3) is 0 Å². The smallest absolute Gasteiger partial charge is 0.292 e. The highest BCUT2D eigenvalue weighted by Crippen LogP contribution is 2.35. The van der Waals surface area contributed by atoms with Crippen molar-refractivity contribution in [3.63, 3.8) is 0 Å². The van der Waals surface area contributed by atoms with E-state index in [0.717, 1.165) is 0 Å². The van der Waals surface area contributed by atoms with Gasteiger partial charge in [-0.25, -0.2) is 0 Å². The number of nitro groups is 1. The molecule has 0 bridgehead atoms. The standard InChI is InChI=1S/C12H15N3O5/c1-12(5-16,6-17)14-9-4-8-7(3-11(18)13-8)2-10(9)15(19)20/h2,4,14,16-17H,3,5-6H2,1H3,(H,13,18). The van der Waals surface area contributed by atoms with Crippen LogP contribution >= 0.6 is 0 Å². The van der Waals surface area contributed by atoms with Gasteiger partial charge in [0, 0.05) is 11.8 Å². The Bertz CT molecular complexity index is 568. The predicted octanol–water partition coefficient (Wildman–Crippen LogP) is 0.245. The number of nitrogens with one attached hydrogen (secondary N) is 2. The van der Waals surface area contributed by atoms with Crippen LogP contribution in [0.1, 0.15) is 12.5 Å². The number of nitro benzene ring substituents is 1. The number of hydrogen-bond acceptors (Lipinski definition) is 6. The van der Waals surface area contributed by atoms with Crippen LogP contribution in [0.2, 0.25) is 0 Å². The number of fused-ring (bicyclic) bond motifs is 1. The van der Waals surface area contributed by atoms with Crippen LogP contribution in [-0.2, 0) is 11.2 Å². The van der Waals surface area contributed by atoms with Crippen molar-refractivity contribution in [2.75, 3.05) is 23.8 Å². The minimum Gasteiger partial charge on any atom is -0.394 e. The summed E-state index contributed by atoms with van der Waals surface area (Å²) in [4.78, 5) is 21.8. The van der Waals surface area contributed by atoms with E-state index in [-0.39, 0.29) is 23.7 Å². The van der Waals surface area contributed by atoms with Gasteiger partial charge in [-0.15, -0.1) is 0 Å². The Labute approximate surface area is 114 Å². The van der Waals surface area contributed by atoms with Gasteiger partial charge in [-0.3, -0.25) is 14.9 Å². The zero-order valence-corrected chi connectivity index (χ0v) is 10.8. The van der Waals surface area contributed by atoms with Crippen LogP contribution in [0, 0.1) is 10.1 Å². The molecule has 1 aliphatic heterocycles. The van der Waals surface area contributed by atoms with Crippen LogP contribution in [0.15, 0.2) is 12.1 Å². The average Bonchev–Trinajstić information content (AvgIpc) is 2.76. The van der Waals surface area contributed by atoms with E-state index < -0.39 is 23.7 Å². The van der Waals surface area contributed by atoms with Crippen molar-refractivity contribution < 1.29 is 19.9 Å². The Kier molecular flexibility index (Phi) is 3.60. The fourth-order valence-electron chi connectivity index (χ4n) is 1.97. The average molecular weight is 281 g/mol. The number of hydrogen-bond donors (Lipinski definition) is 4.